The predicted octanol–water partition coefficient (Wildman–Crippen LogP) is 4.93. The molecule has 2 N–H and O–H groups in total. The fourth-order valence-electron chi connectivity index (χ4n) is 5.65. The van der Waals surface area contributed by atoms with Gasteiger partial charge in [-0.1, -0.05) is 6.07 Å². The van der Waals surface area contributed by atoms with Crippen LogP contribution in [0.4, 0.5) is 14.5 Å². The molecule has 8 nitrogen and oxygen atoms in total. The molecule has 2 fully saturated rings. The van der Waals surface area contributed by atoms with Crippen molar-refractivity contribution in [2.45, 2.75) is 69.7 Å². The van der Waals surface area contributed by atoms with Crippen molar-refractivity contribution in [1.82, 2.24) is 14.3 Å². The maximum Gasteiger partial charge on any atom is 0.232 e. The summed E-state index contributed by atoms with van der Waals surface area (Å²) in [4.78, 5) is 19.7. The maximum atomic E-state index is 14.2. The third-order valence-electron chi connectivity index (χ3n) is 7.45. The van der Waals surface area contributed by atoms with Crippen molar-refractivity contribution in [3.8, 4) is 0 Å². The van der Waals surface area contributed by atoms with Crippen molar-refractivity contribution in [2.75, 3.05) is 12.0 Å². The van der Waals surface area contributed by atoms with Crippen molar-refractivity contribution in [3.05, 3.63) is 59.4 Å². The number of carbonyl (C=O) groups excluding carboxylic acids is 1. The number of ether oxygens (including phenoxy) is 1. The number of halogens is 2. The van der Waals surface area contributed by atoms with Gasteiger partial charge >= 0.3 is 0 Å². The van der Waals surface area contributed by atoms with Gasteiger partial charge in [0.1, 0.15) is 5.82 Å². The summed E-state index contributed by atoms with van der Waals surface area (Å²) in [6, 6.07) is 8.98. The van der Waals surface area contributed by atoms with Crippen molar-refractivity contribution in [3.63, 3.8) is 0 Å². The number of piperidine rings is 1. The highest BCUT2D eigenvalue weighted by Gasteiger charge is 2.36. The molecule has 0 bridgehead atoms. The van der Waals surface area contributed by atoms with Gasteiger partial charge in [-0.2, -0.15) is 0 Å². The van der Waals surface area contributed by atoms with Crippen LogP contribution in [0.25, 0.3) is 11.0 Å². The van der Waals surface area contributed by atoms with Crippen molar-refractivity contribution < 1.29 is 27.1 Å². The van der Waals surface area contributed by atoms with Crippen LogP contribution < -0.4 is 9.62 Å². The van der Waals surface area contributed by atoms with Gasteiger partial charge in [-0.15, -0.1) is 0 Å². The van der Waals surface area contributed by atoms with E-state index >= 15 is 0 Å². The van der Waals surface area contributed by atoms with Crippen LogP contribution >= 0.6 is 0 Å². The molecular weight excluding hydrogens is 502 g/mol. The minimum absolute atomic E-state index is 0.143. The van der Waals surface area contributed by atoms with Crippen LogP contribution in [0, 0.1) is 11.6 Å². The minimum atomic E-state index is -2.13. The number of benzene rings is 2. The number of hydrogen-bond acceptors (Lipinski definition) is 4. The molecule has 1 saturated carbocycles. The lowest BCUT2D eigenvalue weighted by atomic mass is 9.91. The number of nitrogens with one attached hydrogen (secondary N) is 1. The van der Waals surface area contributed by atoms with E-state index < -0.39 is 28.9 Å². The summed E-state index contributed by atoms with van der Waals surface area (Å²) in [7, 11) is 1.73. The monoisotopic (exact) mass is 532 g/mol. The summed E-state index contributed by atoms with van der Waals surface area (Å²) in [5.41, 5.74) is 2.74. The lowest BCUT2D eigenvalue weighted by Gasteiger charge is -2.37. The summed E-state index contributed by atoms with van der Waals surface area (Å²) in [6.45, 7) is 0.198. The molecule has 198 valence electrons. The van der Waals surface area contributed by atoms with Gasteiger partial charge in [0.25, 0.3) is 0 Å². The predicted molar refractivity (Wildman–Crippen MR) is 136 cm³/mol. The maximum absolute atomic E-state index is 14.2. The number of anilines is 1. The molecule has 2 aliphatic rings. The number of methoxy groups -OCH3 is 1. The zero-order chi connectivity index (χ0) is 26.1. The van der Waals surface area contributed by atoms with Crippen molar-refractivity contribution in [2.24, 2.45) is 0 Å². The molecule has 1 saturated heterocycles. The smallest absolute Gasteiger partial charge is 0.232 e. The summed E-state index contributed by atoms with van der Waals surface area (Å²) in [6.07, 6.45) is 5.41. The zero-order valence-corrected chi connectivity index (χ0v) is 21.3. The molecule has 1 aliphatic carbocycles. The number of nitrogens with zero attached hydrogens (tertiary/aromatic N) is 3. The molecule has 1 unspecified atom stereocenters. The fraction of sp³-hybridized carbons (Fsp3) is 0.462. The van der Waals surface area contributed by atoms with Crippen LogP contribution in [-0.2, 0) is 27.3 Å². The number of hydrogen-bond donors (Lipinski definition) is 2. The van der Waals surface area contributed by atoms with Crippen LogP contribution in [-0.4, -0.2) is 37.4 Å². The Bertz CT molecular complexity index is 1330. The van der Waals surface area contributed by atoms with Gasteiger partial charge in [0.2, 0.25) is 17.2 Å². The normalized spacial score (nSPS) is 23.5. The molecule has 37 heavy (non-hydrogen) atoms. The van der Waals surface area contributed by atoms with Crippen LogP contribution in [0.3, 0.4) is 0 Å². The van der Waals surface area contributed by atoms with E-state index in [1.165, 1.54) is 6.07 Å². The molecule has 11 heteroatoms. The minimum Gasteiger partial charge on any atom is -0.381 e. The second kappa shape index (κ2) is 10.9. The highest BCUT2D eigenvalue weighted by atomic mass is 32.2. The van der Waals surface area contributed by atoms with Gasteiger partial charge in [-0.25, -0.2) is 22.7 Å². The Labute approximate surface area is 216 Å². The van der Waals surface area contributed by atoms with Crippen LogP contribution in [0.2, 0.25) is 0 Å². The van der Waals surface area contributed by atoms with E-state index in [-0.39, 0.29) is 24.6 Å². The lowest BCUT2D eigenvalue weighted by molar-refractivity contribution is -0.120. The van der Waals surface area contributed by atoms with Gasteiger partial charge in [-0.3, -0.25) is 9.35 Å². The van der Waals surface area contributed by atoms with E-state index in [4.69, 9.17) is 14.3 Å². The van der Waals surface area contributed by atoms with E-state index in [1.54, 1.807) is 12.0 Å². The first-order chi connectivity index (χ1) is 17.9. The van der Waals surface area contributed by atoms with Gasteiger partial charge in [0, 0.05) is 37.9 Å². The summed E-state index contributed by atoms with van der Waals surface area (Å²) < 4.78 is 58.3. The Morgan fingerprint density at radius 3 is 2.59 bits per heavy atom. The number of aromatic nitrogens is 2. The molecule has 0 radical (unpaired) electrons. The Morgan fingerprint density at radius 2 is 1.89 bits per heavy atom. The summed E-state index contributed by atoms with van der Waals surface area (Å²) in [5.74, 6) is -1.40. The van der Waals surface area contributed by atoms with Crippen molar-refractivity contribution in [1.29, 1.82) is 0 Å². The first-order valence-corrected chi connectivity index (χ1v) is 13.6. The molecule has 2 atom stereocenters. The molecule has 5 rings (SSSR count). The zero-order valence-electron chi connectivity index (χ0n) is 20.5. The van der Waals surface area contributed by atoms with E-state index in [0.717, 1.165) is 54.4 Å². The lowest BCUT2D eigenvalue weighted by Crippen LogP contribution is -2.40. The van der Waals surface area contributed by atoms with Crippen LogP contribution in [0.1, 0.15) is 68.4 Å². The Hall–Kier alpha value is -2.73. The molecular formula is C26H30F2N4O4S. The third-order valence-corrected chi connectivity index (χ3v) is 7.84. The van der Waals surface area contributed by atoms with E-state index in [1.807, 2.05) is 18.2 Å². The number of carbonyl (C=O) groups is 1. The van der Waals surface area contributed by atoms with E-state index in [2.05, 4.69) is 9.29 Å². The van der Waals surface area contributed by atoms with Gasteiger partial charge < -0.3 is 14.2 Å². The highest BCUT2D eigenvalue weighted by Crippen LogP contribution is 2.41. The standard InChI is InChI=1S/C26H30F2N4O4S/c1-36-19-9-6-17(7-10-19)32-23-12-5-16(15-29-37(34)35)13-22(23)30-26(32)24-3-2-4-25(33)31(24)18-8-11-20(27)21(28)14-18/h5,8,11-14,17,19,24,29H,2-4,6-7,9-10,15H2,1H3,(H,34,35)/t17?,19?,24-/m0/s1. The first-order valence-electron chi connectivity index (χ1n) is 12.5. The van der Waals surface area contributed by atoms with Crippen LogP contribution in [0.5, 0.6) is 0 Å². The third kappa shape index (κ3) is 5.31. The van der Waals surface area contributed by atoms with E-state index in [9.17, 15) is 17.8 Å². The Morgan fingerprint density at radius 1 is 1.11 bits per heavy atom. The molecule has 1 aliphatic heterocycles. The van der Waals surface area contributed by atoms with E-state index in [0.29, 0.717) is 30.8 Å². The number of fused-ring (bicyclic) bond motifs is 1. The second-order valence-corrected chi connectivity index (χ2v) is 10.5. The fourth-order valence-corrected chi connectivity index (χ4v) is 5.94. The number of amides is 1. The Balaban J connectivity index is 1.60. The van der Waals surface area contributed by atoms with Crippen LogP contribution in [0.15, 0.2) is 36.4 Å². The topological polar surface area (TPSA) is 96.7 Å². The van der Waals surface area contributed by atoms with Gasteiger partial charge in [0.15, 0.2) is 11.6 Å². The summed E-state index contributed by atoms with van der Waals surface area (Å²) in [5, 5.41) is 0. The highest BCUT2D eigenvalue weighted by molar-refractivity contribution is 7.77. The number of imidazole rings is 1. The second-order valence-electron chi connectivity index (χ2n) is 9.67. The van der Waals surface area contributed by atoms with Gasteiger partial charge in [0.05, 0.1) is 23.2 Å². The average molecular weight is 533 g/mol. The SMILES string of the molecule is COC1CCC(n2c([C@@H]3CCCC(=O)N3c3ccc(F)c(F)c3)nc3cc(CNS(=O)O)ccc32)CC1. The Kier molecular flexibility index (Phi) is 7.66. The molecule has 0 spiro atoms. The summed E-state index contributed by atoms with van der Waals surface area (Å²) >= 11 is -2.13. The molecule has 1 aromatic heterocycles. The quantitative estimate of drug-likeness (QED) is 0.421. The molecule has 2 heterocycles. The molecule has 2 aromatic carbocycles. The van der Waals surface area contributed by atoms with Gasteiger partial charge in [-0.05, 0) is 68.4 Å². The number of rotatable bonds is 7. The van der Waals surface area contributed by atoms with Crippen molar-refractivity contribution >= 4 is 33.9 Å². The molecule has 1 amide bonds. The molecule has 3 aromatic rings. The first kappa shape index (κ1) is 25.9. The largest absolute Gasteiger partial charge is 0.381 e. The average Bonchev–Trinajstić information content (AvgIpc) is 3.27.